The van der Waals surface area contributed by atoms with E-state index >= 15 is 0 Å². The molecule has 3 nitrogen and oxygen atoms in total. The van der Waals surface area contributed by atoms with Crippen molar-refractivity contribution in [1.29, 1.82) is 0 Å². The second kappa shape index (κ2) is 14.8. The molecule has 5 heteroatoms. The Morgan fingerprint density at radius 1 is 1.16 bits per heavy atom. The lowest BCUT2D eigenvalue weighted by atomic mass is 10.2. The summed E-state index contributed by atoms with van der Waals surface area (Å²) in [6, 6.07) is 14.7. The molecule has 0 amide bonds. The van der Waals surface area contributed by atoms with Gasteiger partial charge in [0.2, 0.25) is 0 Å². The Morgan fingerprint density at radius 3 is 2.24 bits per heavy atom. The fourth-order valence-corrected chi connectivity index (χ4v) is 2.31. The van der Waals surface area contributed by atoms with E-state index in [0.717, 1.165) is 25.3 Å². The Morgan fingerprint density at radius 2 is 1.80 bits per heavy atom. The minimum atomic E-state index is 0.472. The van der Waals surface area contributed by atoms with Gasteiger partial charge in [0, 0.05) is 25.9 Å². The van der Waals surface area contributed by atoms with Crippen LogP contribution >= 0.6 is 11.6 Å². The van der Waals surface area contributed by atoms with Crippen molar-refractivity contribution >= 4 is 11.6 Å². The molecule has 0 aliphatic rings. The summed E-state index contributed by atoms with van der Waals surface area (Å²) in [5.41, 5.74) is 2.50. The van der Waals surface area contributed by atoms with Gasteiger partial charge in [-0.1, -0.05) is 54.9 Å². The van der Waals surface area contributed by atoms with Crippen molar-refractivity contribution in [3.05, 3.63) is 64.9 Å². The maximum absolute atomic E-state index is 9.50. The molecular weight excluding hydrogens is 339 g/mol. The van der Waals surface area contributed by atoms with Gasteiger partial charge in [-0.3, -0.25) is 9.29 Å². The van der Waals surface area contributed by atoms with Crippen LogP contribution in [0, 0.1) is 6.92 Å². The highest BCUT2D eigenvalue weighted by molar-refractivity contribution is 6.29. The SMILES string of the molecule is CCN(Cc1ccccc1)C(C)COC.CF.Cc1ccc(Cl)nc1. The number of aromatic nitrogens is 1. The van der Waals surface area contributed by atoms with E-state index in [0.29, 0.717) is 18.4 Å². The van der Waals surface area contributed by atoms with E-state index in [9.17, 15) is 4.39 Å². The van der Waals surface area contributed by atoms with Crippen molar-refractivity contribution in [1.82, 2.24) is 9.88 Å². The molecule has 0 spiro atoms. The number of alkyl halides is 1. The second-order valence-electron chi connectivity index (χ2n) is 5.51. The van der Waals surface area contributed by atoms with Gasteiger partial charge in [-0.2, -0.15) is 0 Å². The van der Waals surface area contributed by atoms with Crippen molar-refractivity contribution in [3.8, 4) is 0 Å². The second-order valence-corrected chi connectivity index (χ2v) is 5.90. The third kappa shape index (κ3) is 10.9. The van der Waals surface area contributed by atoms with Gasteiger partial charge < -0.3 is 4.74 Å². The van der Waals surface area contributed by atoms with Crippen molar-refractivity contribution in [2.24, 2.45) is 0 Å². The number of pyridine rings is 1. The van der Waals surface area contributed by atoms with Crippen molar-refractivity contribution < 1.29 is 9.13 Å². The predicted octanol–water partition coefficient (Wildman–Crippen LogP) is 5.17. The fraction of sp³-hybridized carbons (Fsp3) is 0.450. The van der Waals surface area contributed by atoms with Gasteiger partial charge in [-0.25, -0.2) is 4.98 Å². The zero-order chi connectivity index (χ0) is 19.1. The van der Waals surface area contributed by atoms with Gasteiger partial charge in [0.05, 0.1) is 13.8 Å². The topological polar surface area (TPSA) is 25.4 Å². The Bertz CT molecular complexity index is 516. The third-order valence-corrected chi connectivity index (χ3v) is 3.76. The number of rotatable bonds is 6. The highest BCUT2D eigenvalue weighted by Crippen LogP contribution is 2.08. The third-order valence-electron chi connectivity index (χ3n) is 3.54. The molecule has 25 heavy (non-hydrogen) atoms. The van der Waals surface area contributed by atoms with Crippen molar-refractivity contribution in [2.75, 3.05) is 27.4 Å². The maximum Gasteiger partial charge on any atom is 0.129 e. The molecule has 1 atom stereocenters. The monoisotopic (exact) mass is 368 g/mol. The number of hydrogen-bond donors (Lipinski definition) is 0. The summed E-state index contributed by atoms with van der Waals surface area (Å²) in [5, 5.41) is 0.551. The van der Waals surface area contributed by atoms with Crippen LogP contribution in [0.4, 0.5) is 4.39 Å². The predicted molar refractivity (Wildman–Crippen MR) is 105 cm³/mol. The summed E-state index contributed by atoms with van der Waals surface area (Å²) < 4.78 is 14.7. The summed E-state index contributed by atoms with van der Waals surface area (Å²) >= 11 is 5.50. The standard InChI is InChI=1S/C13H21NO.C6H6ClN.CH3F/c1-4-14(12(2)11-15-3)10-13-8-6-5-7-9-13;1-5-2-3-6(7)8-4-5;1-2/h5-9,12H,4,10-11H2,1-3H3;2-4H,1H3;1H3. The highest BCUT2D eigenvalue weighted by Gasteiger charge is 2.11. The van der Waals surface area contributed by atoms with Gasteiger partial charge in [0.25, 0.3) is 0 Å². The van der Waals surface area contributed by atoms with E-state index < -0.39 is 0 Å². The molecule has 1 unspecified atom stereocenters. The Hall–Kier alpha value is -1.49. The van der Waals surface area contributed by atoms with Gasteiger partial charge in [0.15, 0.2) is 0 Å². The number of halogens is 2. The van der Waals surface area contributed by atoms with Crippen LogP contribution in [-0.4, -0.2) is 43.4 Å². The zero-order valence-corrected chi connectivity index (χ0v) is 16.6. The van der Waals surface area contributed by atoms with Gasteiger partial charge in [-0.05, 0) is 37.6 Å². The Labute approximate surface area is 156 Å². The molecule has 1 aromatic heterocycles. The molecule has 1 aromatic carbocycles. The molecule has 0 radical (unpaired) electrons. The number of nitrogens with zero attached hydrogens (tertiary/aromatic N) is 2. The Kier molecular flexibility index (Phi) is 13.9. The number of benzene rings is 1. The van der Waals surface area contributed by atoms with Crippen LogP contribution in [0.5, 0.6) is 0 Å². The van der Waals surface area contributed by atoms with Crippen LogP contribution in [0.15, 0.2) is 48.7 Å². The number of hydrogen-bond acceptors (Lipinski definition) is 3. The molecule has 0 bridgehead atoms. The van der Waals surface area contributed by atoms with E-state index in [1.54, 1.807) is 19.4 Å². The summed E-state index contributed by atoms with van der Waals surface area (Å²) in [4.78, 5) is 6.26. The summed E-state index contributed by atoms with van der Waals surface area (Å²) in [6.45, 7) is 9.22. The molecule has 0 saturated carbocycles. The van der Waals surface area contributed by atoms with Crippen LogP contribution < -0.4 is 0 Å². The van der Waals surface area contributed by atoms with Crippen molar-refractivity contribution in [3.63, 3.8) is 0 Å². The molecule has 0 N–H and O–H groups in total. The van der Waals surface area contributed by atoms with E-state index in [2.05, 4.69) is 54.1 Å². The maximum atomic E-state index is 9.50. The molecule has 2 aromatic rings. The van der Waals surface area contributed by atoms with E-state index in [-0.39, 0.29) is 0 Å². The van der Waals surface area contributed by atoms with Gasteiger partial charge in [-0.15, -0.1) is 0 Å². The highest BCUT2D eigenvalue weighted by atomic mass is 35.5. The quantitative estimate of drug-likeness (QED) is 0.657. The Balaban J connectivity index is 0.000000483. The molecule has 0 aliphatic carbocycles. The molecule has 0 saturated heterocycles. The number of ether oxygens (including phenoxy) is 1. The van der Waals surface area contributed by atoms with Crippen molar-refractivity contribution in [2.45, 2.75) is 33.4 Å². The molecule has 0 fully saturated rings. The summed E-state index contributed by atoms with van der Waals surface area (Å²) in [7, 11) is 2.26. The fourth-order valence-electron chi connectivity index (χ4n) is 2.19. The smallest absolute Gasteiger partial charge is 0.129 e. The van der Waals surface area contributed by atoms with Crippen LogP contribution in [-0.2, 0) is 11.3 Å². The lowest BCUT2D eigenvalue weighted by Gasteiger charge is -2.27. The molecule has 140 valence electrons. The van der Waals surface area contributed by atoms with Crippen LogP contribution in [0.1, 0.15) is 25.0 Å². The van der Waals surface area contributed by atoms with E-state index in [1.807, 2.05) is 13.0 Å². The zero-order valence-electron chi connectivity index (χ0n) is 15.9. The minimum absolute atomic E-state index is 0.472. The van der Waals surface area contributed by atoms with Gasteiger partial charge in [0.1, 0.15) is 5.15 Å². The average Bonchev–Trinajstić information content (AvgIpc) is 2.65. The molecule has 1 heterocycles. The average molecular weight is 369 g/mol. The van der Waals surface area contributed by atoms with E-state index in [4.69, 9.17) is 16.3 Å². The van der Waals surface area contributed by atoms with E-state index in [1.165, 1.54) is 5.56 Å². The molecule has 0 aliphatic heterocycles. The van der Waals surface area contributed by atoms with Crippen LogP contribution in [0.25, 0.3) is 0 Å². The number of aryl methyl sites for hydroxylation is 1. The van der Waals surface area contributed by atoms with Crippen LogP contribution in [0.2, 0.25) is 5.15 Å². The number of likely N-dealkylation sites (N-methyl/N-ethyl adjacent to an activating group) is 1. The first-order valence-electron chi connectivity index (χ1n) is 8.29. The van der Waals surface area contributed by atoms with Gasteiger partial charge >= 0.3 is 0 Å². The summed E-state index contributed by atoms with van der Waals surface area (Å²) in [5.74, 6) is 0. The molecule has 2 rings (SSSR count). The first kappa shape index (κ1) is 23.5. The normalized spacial score (nSPS) is 11.0. The summed E-state index contributed by atoms with van der Waals surface area (Å²) in [6.07, 6.45) is 1.74. The lowest BCUT2D eigenvalue weighted by Crippen LogP contribution is -2.35. The largest absolute Gasteiger partial charge is 0.383 e. The number of methoxy groups -OCH3 is 1. The minimum Gasteiger partial charge on any atom is -0.383 e. The molecular formula is C20H30ClFN2O. The van der Waals surface area contributed by atoms with Crippen LogP contribution in [0.3, 0.4) is 0 Å². The lowest BCUT2D eigenvalue weighted by molar-refractivity contribution is 0.0982. The first-order chi connectivity index (χ1) is 12.1. The first-order valence-corrected chi connectivity index (χ1v) is 8.67.